The fourth-order valence-corrected chi connectivity index (χ4v) is 2.72. The minimum Gasteiger partial charge on any atom is -0.444 e. The molecule has 1 atom stereocenters. The maximum Gasteiger partial charge on any atom is 0.410 e. The van der Waals surface area contributed by atoms with Gasteiger partial charge in [-0.1, -0.05) is 11.6 Å². The number of likely N-dealkylation sites (tertiary alicyclic amines) is 1. The molecule has 1 heterocycles. The van der Waals surface area contributed by atoms with Gasteiger partial charge in [0.15, 0.2) is 0 Å². The minimum atomic E-state index is -0.925. The van der Waals surface area contributed by atoms with Crippen LogP contribution < -0.4 is 10.6 Å². The van der Waals surface area contributed by atoms with E-state index in [2.05, 4.69) is 10.6 Å². The van der Waals surface area contributed by atoms with Crippen molar-refractivity contribution in [2.24, 2.45) is 0 Å². The Hall–Kier alpha value is -2.35. The lowest BCUT2D eigenvalue weighted by Gasteiger charge is -2.34. The quantitative estimate of drug-likeness (QED) is 0.748. The molecule has 0 radical (unpaired) electrons. The monoisotopic (exact) mass is 399 g/mol. The molecule has 0 saturated carbocycles. The van der Waals surface area contributed by atoms with Crippen molar-refractivity contribution in [1.29, 1.82) is 0 Å². The van der Waals surface area contributed by atoms with E-state index in [0.717, 1.165) is 6.07 Å². The molecule has 27 heavy (non-hydrogen) atoms. The van der Waals surface area contributed by atoms with Crippen molar-refractivity contribution in [2.75, 3.05) is 18.4 Å². The second-order valence-electron chi connectivity index (χ2n) is 7.32. The number of anilines is 1. The van der Waals surface area contributed by atoms with E-state index < -0.39 is 29.3 Å². The molecule has 9 heteroatoms. The van der Waals surface area contributed by atoms with E-state index in [4.69, 9.17) is 16.3 Å². The smallest absolute Gasteiger partial charge is 0.410 e. The largest absolute Gasteiger partial charge is 0.444 e. The Balaban J connectivity index is 1.89. The molecular formula is C18H23ClFN3O4. The summed E-state index contributed by atoms with van der Waals surface area (Å²) in [7, 11) is 0. The van der Waals surface area contributed by atoms with Crippen LogP contribution in [0.2, 0.25) is 5.02 Å². The highest BCUT2D eigenvalue weighted by atomic mass is 35.5. The Morgan fingerprint density at radius 3 is 2.59 bits per heavy atom. The number of benzene rings is 1. The third-order valence-electron chi connectivity index (χ3n) is 3.79. The van der Waals surface area contributed by atoms with Crippen molar-refractivity contribution in [3.05, 3.63) is 29.0 Å². The molecule has 0 aromatic heterocycles. The summed E-state index contributed by atoms with van der Waals surface area (Å²) in [4.78, 5) is 37.7. The highest BCUT2D eigenvalue weighted by Gasteiger charge is 2.29. The van der Waals surface area contributed by atoms with Crippen LogP contribution >= 0.6 is 11.6 Å². The average Bonchev–Trinajstić information content (AvgIpc) is 2.57. The van der Waals surface area contributed by atoms with Gasteiger partial charge in [-0.25, -0.2) is 9.18 Å². The SMILES string of the molecule is CC(C)(C)OC(=O)N1CCCC(NC(=O)C(=O)Nc2ccc(Cl)c(F)c2)C1. The van der Waals surface area contributed by atoms with Crippen LogP contribution in [-0.2, 0) is 14.3 Å². The number of carbonyl (C=O) groups is 3. The number of nitrogens with one attached hydrogen (secondary N) is 2. The van der Waals surface area contributed by atoms with Gasteiger partial charge >= 0.3 is 17.9 Å². The highest BCUT2D eigenvalue weighted by molar-refractivity contribution is 6.39. The van der Waals surface area contributed by atoms with E-state index in [-0.39, 0.29) is 23.3 Å². The maximum atomic E-state index is 13.4. The molecule has 1 fully saturated rings. The lowest BCUT2D eigenvalue weighted by molar-refractivity contribution is -0.136. The minimum absolute atomic E-state index is 0.0816. The summed E-state index contributed by atoms with van der Waals surface area (Å²) in [6, 6.07) is 3.33. The lowest BCUT2D eigenvalue weighted by atomic mass is 10.1. The number of hydrogen-bond donors (Lipinski definition) is 2. The first kappa shape index (κ1) is 21.0. The Bertz CT molecular complexity index is 736. The van der Waals surface area contributed by atoms with Crippen LogP contribution in [0.3, 0.4) is 0 Å². The molecule has 1 aliphatic heterocycles. The summed E-state index contributed by atoms with van der Waals surface area (Å²) >= 11 is 5.58. The fraction of sp³-hybridized carbons (Fsp3) is 0.500. The van der Waals surface area contributed by atoms with E-state index in [1.54, 1.807) is 20.8 Å². The molecule has 1 unspecified atom stereocenters. The second-order valence-corrected chi connectivity index (χ2v) is 7.73. The number of halogens is 2. The standard InChI is InChI=1S/C18H23ClFN3O4/c1-18(2,3)27-17(26)23-8-4-5-12(10-23)22-16(25)15(24)21-11-6-7-13(19)14(20)9-11/h6-7,9,12H,4-5,8,10H2,1-3H3,(H,21,24)(H,22,25). The van der Waals surface area contributed by atoms with Gasteiger partial charge in [-0.3, -0.25) is 9.59 Å². The van der Waals surface area contributed by atoms with Crippen LogP contribution in [0.15, 0.2) is 18.2 Å². The van der Waals surface area contributed by atoms with Gasteiger partial charge in [0.05, 0.1) is 5.02 Å². The predicted molar refractivity (Wildman–Crippen MR) is 99.0 cm³/mol. The molecule has 7 nitrogen and oxygen atoms in total. The third kappa shape index (κ3) is 6.39. The van der Waals surface area contributed by atoms with Crippen LogP contribution in [0.4, 0.5) is 14.9 Å². The van der Waals surface area contributed by atoms with E-state index in [0.29, 0.717) is 19.4 Å². The molecule has 1 aromatic carbocycles. The van der Waals surface area contributed by atoms with Gasteiger partial charge in [-0.15, -0.1) is 0 Å². The fourth-order valence-electron chi connectivity index (χ4n) is 2.60. The zero-order valence-corrected chi connectivity index (χ0v) is 16.2. The first-order valence-corrected chi connectivity index (χ1v) is 8.98. The Morgan fingerprint density at radius 2 is 1.96 bits per heavy atom. The maximum absolute atomic E-state index is 13.4. The summed E-state index contributed by atoms with van der Waals surface area (Å²) < 4.78 is 18.7. The second kappa shape index (κ2) is 8.56. The molecule has 1 aliphatic rings. The molecule has 1 aromatic rings. The average molecular weight is 400 g/mol. The van der Waals surface area contributed by atoms with Crippen LogP contribution in [0.25, 0.3) is 0 Å². The molecule has 2 rings (SSSR count). The normalized spacial score (nSPS) is 17.2. The zero-order valence-electron chi connectivity index (χ0n) is 15.5. The van der Waals surface area contributed by atoms with Gasteiger partial charge in [0.2, 0.25) is 0 Å². The molecule has 0 bridgehead atoms. The molecule has 148 valence electrons. The number of rotatable bonds is 2. The third-order valence-corrected chi connectivity index (χ3v) is 4.10. The summed E-state index contributed by atoms with van der Waals surface area (Å²) in [5, 5.41) is 4.82. The van der Waals surface area contributed by atoms with Crippen molar-refractivity contribution in [2.45, 2.75) is 45.3 Å². The number of piperidine rings is 1. The van der Waals surface area contributed by atoms with E-state index in [1.807, 2.05) is 0 Å². The Morgan fingerprint density at radius 1 is 1.26 bits per heavy atom. The van der Waals surface area contributed by atoms with Crippen molar-refractivity contribution in [1.82, 2.24) is 10.2 Å². The van der Waals surface area contributed by atoms with Crippen LogP contribution in [0.1, 0.15) is 33.6 Å². The van der Waals surface area contributed by atoms with E-state index >= 15 is 0 Å². The molecular weight excluding hydrogens is 377 g/mol. The van der Waals surface area contributed by atoms with Gasteiger partial charge in [0, 0.05) is 24.8 Å². The van der Waals surface area contributed by atoms with Crippen LogP contribution in [0, 0.1) is 5.82 Å². The summed E-state index contributed by atoms with van der Waals surface area (Å²) in [6.07, 6.45) is 0.852. The molecule has 0 aliphatic carbocycles. The van der Waals surface area contributed by atoms with Gasteiger partial charge < -0.3 is 20.3 Å². The van der Waals surface area contributed by atoms with Crippen LogP contribution in [-0.4, -0.2) is 47.5 Å². The first-order valence-electron chi connectivity index (χ1n) is 8.60. The van der Waals surface area contributed by atoms with Crippen molar-refractivity contribution in [3.63, 3.8) is 0 Å². The van der Waals surface area contributed by atoms with E-state index in [9.17, 15) is 18.8 Å². The van der Waals surface area contributed by atoms with Crippen molar-refractivity contribution < 1.29 is 23.5 Å². The highest BCUT2D eigenvalue weighted by Crippen LogP contribution is 2.19. The van der Waals surface area contributed by atoms with Gasteiger partial charge in [0.25, 0.3) is 0 Å². The van der Waals surface area contributed by atoms with Gasteiger partial charge in [0.1, 0.15) is 11.4 Å². The summed E-state index contributed by atoms with van der Waals surface area (Å²) in [6.45, 7) is 6.11. The lowest BCUT2D eigenvalue weighted by Crippen LogP contribution is -2.52. The predicted octanol–water partition coefficient (Wildman–Crippen LogP) is 2.93. The number of ether oxygens (including phenoxy) is 1. The van der Waals surface area contributed by atoms with Crippen molar-refractivity contribution in [3.8, 4) is 0 Å². The van der Waals surface area contributed by atoms with Gasteiger partial charge in [-0.05, 0) is 51.8 Å². The summed E-state index contributed by atoms with van der Waals surface area (Å²) in [5.41, 5.74) is -0.489. The van der Waals surface area contributed by atoms with E-state index in [1.165, 1.54) is 17.0 Å². The van der Waals surface area contributed by atoms with Gasteiger partial charge in [-0.2, -0.15) is 0 Å². The zero-order chi connectivity index (χ0) is 20.2. The number of nitrogens with zero attached hydrogens (tertiary/aromatic N) is 1. The number of hydrogen-bond acceptors (Lipinski definition) is 4. The Kier molecular flexibility index (Phi) is 6.64. The number of amides is 3. The number of carbonyl (C=O) groups excluding carboxylic acids is 3. The first-order chi connectivity index (χ1) is 12.5. The van der Waals surface area contributed by atoms with Crippen molar-refractivity contribution >= 4 is 35.2 Å². The Labute approximate surface area is 162 Å². The molecule has 3 amide bonds. The summed E-state index contributed by atoms with van der Waals surface area (Å²) in [5.74, 6) is -2.48. The molecule has 0 spiro atoms. The molecule has 1 saturated heterocycles. The van der Waals surface area contributed by atoms with Crippen LogP contribution in [0.5, 0.6) is 0 Å². The molecule has 2 N–H and O–H groups in total. The topological polar surface area (TPSA) is 87.7 Å².